The van der Waals surface area contributed by atoms with Gasteiger partial charge >= 0.3 is 0 Å². The molecular formula is C18H19N3O2. The lowest BCUT2D eigenvalue weighted by atomic mass is 10.2. The monoisotopic (exact) mass is 309 g/mol. The highest BCUT2D eigenvalue weighted by atomic mass is 16.3. The highest BCUT2D eigenvalue weighted by molar-refractivity contribution is 5.81. The zero-order chi connectivity index (χ0) is 16.2. The number of nitrogens with zero attached hydrogens (tertiary/aromatic N) is 2. The highest BCUT2D eigenvalue weighted by Gasteiger charge is 2.36. The van der Waals surface area contributed by atoms with Crippen molar-refractivity contribution in [2.24, 2.45) is 0 Å². The number of benzene rings is 1. The van der Waals surface area contributed by atoms with Crippen LogP contribution in [-0.2, 0) is 4.79 Å². The Hall–Kier alpha value is -2.74. The first-order valence-electron chi connectivity index (χ1n) is 7.77. The first kappa shape index (κ1) is 15.2. The zero-order valence-electron chi connectivity index (χ0n) is 13.0. The molecule has 118 valence electrons. The lowest BCUT2D eigenvalue weighted by Crippen LogP contribution is -2.39. The molecule has 5 heteroatoms. The Kier molecular flexibility index (Phi) is 4.33. The van der Waals surface area contributed by atoms with Crippen molar-refractivity contribution < 1.29 is 9.21 Å². The van der Waals surface area contributed by atoms with E-state index in [9.17, 15) is 4.79 Å². The largest absolute Gasteiger partial charge is 0.467 e. The minimum Gasteiger partial charge on any atom is -0.467 e. The van der Waals surface area contributed by atoms with Crippen LogP contribution in [0.1, 0.15) is 37.1 Å². The summed E-state index contributed by atoms with van der Waals surface area (Å²) in [5, 5.41) is 11.9. The fourth-order valence-corrected chi connectivity index (χ4v) is 2.69. The van der Waals surface area contributed by atoms with Crippen molar-refractivity contribution in [3.63, 3.8) is 0 Å². The molecule has 0 bridgehead atoms. The molecular weight excluding hydrogens is 290 g/mol. The van der Waals surface area contributed by atoms with Gasteiger partial charge in [0.05, 0.1) is 30.5 Å². The molecule has 1 aromatic heterocycles. The van der Waals surface area contributed by atoms with Crippen molar-refractivity contribution in [2.75, 3.05) is 11.9 Å². The molecule has 1 aliphatic carbocycles. The van der Waals surface area contributed by atoms with Gasteiger partial charge in [0.2, 0.25) is 5.91 Å². The number of amides is 1. The molecule has 2 aromatic rings. The third-order valence-corrected chi connectivity index (χ3v) is 4.06. The van der Waals surface area contributed by atoms with Gasteiger partial charge in [0.15, 0.2) is 0 Å². The molecule has 23 heavy (non-hydrogen) atoms. The summed E-state index contributed by atoms with van der Waals surface area (Å²) in [7, 11) is 0. The Morgan fingerprint density at radius 2 is 2.13 bits per heavy atom. The third-order valence-electron chi connectivity index (χ3n) is 4.06. The number of carbonyl (C=O) groups is 1. The van der Waals surface area contributed by atoms with E-state index in [1.807, 2.05) is 36.1 Å². The van der Waals surface area contributed by atoms with E-state index < -0.39 is 0 Å². The minimum atomic E-state index is -0.0623. The van der Waals surface area contributed by atoms with E-state index in [0.717, 1.165) is 24.3 Å². The number of nitriles is 1. The number of anilines is 1. The minimum absolute atomic E-state index is 0.0563. The van der Waals surface area contributed by atoms with E-state index >= 15 is 0 Å². The van der Waals surface area contributed by atoms with Crippen molar-refractivity contribution >= 4 is 11.6 Å². The average Bonchev–Trinajstić information content (AvgIpc) is 3.25. The molecule has 1 N–H and O–H groups in total. The third kappa shape index (κ3) is 3.54. The first-order valence-corrected chi connectivity index (χ1v) is 7.77. The molecule has 0 saturated heterocycles. The lowest BCUT2D eigenvalue weighted by molar-refractivity contribution is -0.132. The summed E-state index contributed by atoms with van der Waals surface area (Å²) in [6.07, 6.45) is 3.73. The Morgan fingerprint density at radius 1 is 1.39 bits per heavy atom. The van der Waals surface area contributed by atoms with Gasteiger partial charge in [-0.25, -0.2) is 0 Å². The molecule has 0 aliphatic heterocycles. The van der Waals surface area contributed by atoms with E-state index in [2.05, 4.69) is 11.4 Å². The predicted molar refractivity (Wildman–Crippen MR) is 86.6 cm³/mol. The molecule has 1 atom stereocenters. The van der Waals surface area contributed by atoms with Crippen molar-refractivity contribution in [3.05, 3.63) is 54.0 Å². The van der Waals surface area contributed by atoms with E-state index in [-0.39, 0.29) is 18.5 Å². The SMILES string of the molecule is CC(c1ccco1)N(C(=O)CNc1ccc(C#N)cc1)C1CC1. The number of rotatable bonds is 6. The van der Waals surface area contributed by atoms with E-state index in [0.29, 0.717) is 11.6 Å². The van der Waals surface area contributed by atoms with Crippen LogP contribution >= 0.6 is 0 Å². The summed E-state index contributed by atoms with van der Waals surface area (Å²) in [6, 6.07) is 13.2. The standard InChI is InChI=1S/C18H19N3O2/c1-13(17-3-2-10-23-17)21(16-8-9-16)18(22)12-20-15-6-4-14(11-19)5-7-15/h2-7,10,13,16,20H,8-9,12H2,1H3. The summed E-state index contributed by atoms with van der Waals surface area (Å²) < 4.78 is 5.45. The molecule has 5 nitrogen and oxygen atoms in total. The van der Waals surface area contributed by atoms with Crippen LogP contribution in [0.5, 0.6) is 0 Å². The number of furan rings is 1. The molecule has 1 aliphatic rings. The van der Waals surface area contributed by atoms with Crippen LogP contribution in [0.4, 0.5) is 5.69 Å². The van der Waals surface area contributed by atoms with Crippen LogP contribution in [-0.4, -0.2) is 23.4 Å². The van der Waals surface area contributed by atoms with Crippen molar-refractivity contribution in [2.45, 2.75) is 31.8 Å². The van der Waals surface area contributed by atoms with E-state index in [1.165, 1.54) is 0 Å². The Bertz CT molecular complexity index is 697. The Morgan fingerprint density at radius 3 is 2.70 bits per heavy atom. The van der Waals surface area contributed by atoms with Crippen molar-refractivity contribution in [1.82, 2.24) is 4.90 Å². The van der Waals surface area contributed by atoms with Gasteiger partial charge in [0.25, 0.3) is 0 Å². The normalized spacial score (nSPS) is 14.8. The number of hydrogen-bond donors (Lipinski definition) is 1. The molecule has 1 fully saturated rings. The summed E-state index contributed by atoms with van der Waals surface area (Å²) in [5.74, 6) is 0.865. The average molecular weight is 309 g/mol. The molecule has 1 saturated carbocycles. The van der Waals surface area contributed by atoms with Gasteiger partial charge in [-0.15, -0.1) is 0 Å². The van der Waals surface area contributed by atoms with Gasteiger partial charge in [0, 0.05) is 11.7 Å². The fraction of sp³-hybridized carbons (Fsp3) is 0.333. The number of nitrogens with one attached hydrogen (secondary N) is 1. The van der Waals surface area contributed by atoms with Crippen LogP contribution < -0.4 is 5.32 Å². The topological polar surface area (TPSA) is 69.3 Å². The van der Waals surface area contributed by atoms with Gasteiger partial charge in [0.1, 0.15) is 5.76 Å². The van der Waals surface area contributed by atoms with Gasteiger partial charge < -0.3 is 14.6 Å². The van der Waals surface area contributed by atoms with Crippen molar-refractivity contribution in [3.8, 4) is 6.07 Å². The van der Waals surface area contributed by atoms with E-state index in [1.54, 1.807) is 18.4 Å². The summed E-state index contributed by atoms with van der Waals surface area (Å²) in [4.78, 5) is 14.5. The lowest BCUT2D eigenvalue weighted by Gasteiger charge is -2.28. The first-order chi connectivity index (χ1) is 11.2. The molecule has 0 radical (unpaired) electrons. The quantitative estimate of drug-likeness (QED) is 0.888. The molecule has 1 heterocycles. The van der Waals surface area contributed by atoms with Gasteiger partial charge in [-0.05, 0) is 56.2 Å². The highest BCUT2D eigenvalue weighted by Crippen LogP contribution is 2.34. The predicted octanol–water partition coefficient (Wildman–Crippen LogP) is 3.32. The maximum atomic E-state index is 12.6. The van der Waals surface area contributed by atoms with Crippen LogP contribution in [0.2, 0.25) is 0 Å². The fourth-order valence-electron chi connectivity index (χ4n) is 2.69. The molecule has 1 aromatic carbocycles. The number of carbonyl (C=O) groups excluding carboxylic acids is 1. The second-order valence-electron chi connectivity index (χ2n) is 5.77. The van der Waals surface area contributed by atoms with Gasteiger partial charge in [-0.1, -0.05) is 0 Å². The van der Waals surface area contributed by atoms with Gasteiger partial charge in [-0.2, -0.15) is 5.26 Å². The van der Waals surface area contributed by atoms with Crippen LogP contribution in [0.3, 0.4) is 0 Å². The summed E-state index contributed by atoms with van der Waals surface area (Å²) >= 11 is 0. The molecule has 1 amide bonds. The maximum Gasteiger partial charge on any atom is 0.242 e. The van der Waals surface area contributed by atoms with Crippen LogP contribution in [0.15, 0.2) is 47.1 Å². The second kappa shape index (κ2) is 6.57. The van der Waals surface area contributed by atoms with Gasteiger partial charge in [-0.3, -0.25) is 4.79 Å². The molecule has 3 rings (SSSR count). The Labute approximate surface area is 135 Å². The number of hydrogen-bond acceptors (Lipinski definition) is 4. The van der Waals surface area contributed by atoms with Crippen LogP contribution in [0.25, 0.3) is 0 Å². The molecule has 1 unspecified atom stereocenters. The van der Waals surface area contributed by atoms with Crippen molar-refractivity contribution in [1.29, 1.82) is 5.26 Å². The maximum absolute atomic E-state index is 12.6. The Balaban J connectivity index is 1.63. The zero-order valence-corrected chi connectivity index (χ0v) is 13.0. The molecule has 0 spiro atoms. The smallest absolute Gasteiger partial charge is 0.242 e. The summed E-state index contributed by atoms with van der Waals surface area (Å²) in [6.45, 7) is 2.23. The van der Waals surface area contributed by atoms with Crippen LogP contribution in [0, 0.1) is 11.3 Å². The second-order valence-corrected chi connectivity index (χ2v) is 5.77. The van der Waals surface area contributed by atoms with E-state index in [4.69, 9.17) is 9.68 Å². The summed E-state index contributed by atoms with van der Waals surface area (Å²) in [5.41, 5.74) is 1.44.